The van der Waals surface area contributed by atoms with E-state index in [2.05, 4.69) is 10.6 Å². The van der Waals surface area contributed by atoms with Gasteiger partial charge >= 0.3 is 0 Å². The average Bonchev–Trinajstić information content (AvgIpc) is 3.33. The predicted octanol–water partition coefficient (Wildman–Crippen LogP) is 1.49. The van der Waals surface area contributed by atoms with Crippen LogP contribution < -0.4 is 10.6 Å². The fourth-order valence-corrected chi connectivity index (χ4v) is 1.86. The van der Waals surface area contributed by atoms with Crippen LogP contribution in [0.5, 0.6) is 0 Å². The number of hydrogen-bond acceptors (Lipinski definition) is 3. The SMILES string of the molecule is O=C(CNC(=O)c1ccc(F)cc1)NCCCOCC1CC1. The topological polar surface area (TPSA) is 67.4 Å². The first-order valence-electron chi connectivity index (χ1n) is 7.53. The lowest BCUT2D eigenvalue weighted by Gasteiger charge is -2.07. The van der Waals surface area contributed by atoms with Gasteiger partial charge in [-0.2, -0.15) is 0 Å². The van der Waals surface area contributed by atoms with Gasteiger partial charge < -0.3 is 15.4 Å². The summed E-state index contributed by atoms with van der Waals surface area (Å²) in [5.41, 5.74) is 0.322. The molecule has 0 spiro atoms. The van der Waals surface area contributed by atoms with E-state index in [1.165, 1.54) is 37.1 Å². The molecule has 1 fully saturated rings. The molecule has 0 heterocycles. The third-order valence-corrected chi connectivity index (χ3v) is 3.35. The molecule has 2 N–H and O–H groups in total. The number of halogens is 1. The molecule has 22 heavy (non-hydrogen) atoms. The van der Waals surface area contributed by atoms with Gasteiger partial charge in [0.2, 0.25) is 5.91 Å². The molecule has 0 bridgehead atoms. The van der Waals surface area contributed by atoms with Crippen LogP contribution in [0, 0.1) is 11.7 Å². The molecule has 2 rings (SSSR count). The number of rotatable bonds is 9. The van der Waals surface area contributed by atoms with Gasteiger partial charge in [0.05, 0.1) is 6.54 Å². The Kier molecular flexibility index (Phi) is 6.33. The van der Waals surface area contributed by atoms with Gasteiger partial charge in [-0.25, -0.2) is 4.39 Å². The molecule has 0 aromatic heterocycles. The Bertz CT molecular complexity index is 501. The highest BCUT2D eigenvalue weighted by Gasteiger charge is 2.20. The van der Waals surface area contributed by atoms with Crippen molar-refractivity contribution in [1.82, 2.24) is 10.6 Å². The third kappa shape index (κ3) is 6.22. The van der Waals surface area contributed by atoms with Crippen molar-refractivity contribution in [3.63, 3.8) is 0 Å². The Hall–Kier alpha value is -1.95. The van der Waals surface area contributed by atoms with E-state index in [9.17, 15) is 14.0 Å². The molecule has 2 amide bonds. The van der Waals surface area contributed by atoms with Gasteiger partial charge in [0.1, 0.15) is 5.82 Å². The van der Waals surface area contributed by atoms with Crippen molar-refractivity contribution < 1.29 is 18.7 Å². The maximum absolute atomic E-state index is 12.7. The molecular formula is C16H21FN2O3. The summed E-state index contributed by atoms with van der Waals surface area (Å²) in [6, 6.07) is 5.16. The molecular weight excluding hydrogens is 287 g/mol. The fourth-order valence-electron chi connectivity index (χ4n) is 1.86. The summed E-state index contributed by atoms with van der Waals surface area (Å²) in [4.78, 5) is 23.3. The highest BCUT2D eigenvalue weighted by atomic mass is 19.1. The molecule has 120 valence electrons. The fraction of sp³-hybridized carbons (Fsp3) is 0.500. The lowest BCUT2D eigenvalue weighted by Crippen LogP contribution is -2.37. The monoisotopic (exact) mass is 308 g/mol. The van der Waals surface area contributed by atoms with Crippen LogP contribution >= 0.6 is 0 Å². The molecule has 5 nitrogen and oxygen atoms in total. The summed E-state index contributed by atoms with van der Waals surface area (Å²) in [6.07, 6.45) is 3.29. The van der Waals surface area contributed by atoms with Crippen LogP contribution in [0.1, 0.15) is 29.6 Å². The molecule has 1 aromatic carbocycles. The zero-order chi connectivity index (χ0) is 15.8. The summed E-state index contributed by atoms with van der Waals surface area (Å²) >= 11 is 0. The van der Waals surface area contributed by atoms with E-state index in [0.717, 1.165) is 18.9 Å². The van der Waals surface area contributed by atoms with Gasteiger partial charge in [0.25, 0.3) is 5.91 Å². The first kappa shape index (κ1) is 16.4. The molecule has 0 atom stereocenters. The van der Waals surface area contributed by atoms with Crippen molar-refractivity contribution in [2.75, 3.05) is 26.3 Å². The molecule has 0 saturated heterocycles. The molecule has 1 aliphatic carbocycles. The number of nitrogens with one attached hydrogen (secondary N) is 2. The normalized spacial score (nSPS) is 13.7. The maximum Gasteiger partial charge on any atom is 0.251 e. The van der Waals surface area contributed by atoms with E-state index in [0.29, 0.717) is 18.7 Å². The lowest BCUT2D eigenvalue weighted by molar-refractivity contribution is -0.120. The van der Waals surface area contributed by atoms with Gasteiger partial charge in [-0.05, 0) is 49.4 Å². The van der Waals surface area contributed by atoms with Crippen LogP contribution in [-0.2, 0) is 9.53 Å². The molecule has 0 radical (unpaired) electrons. The number of carbonyl (C=O) groups excluding carboxylic acids is 2. The van der Waals surface area contributed by atoms with Crippen molar-refractivity contribution in [1.29, 1.82) is 0 Å². The minimum atomic E-state index is -0.404. The summed E-state index contributed by atoms with van der Waals surface area (Å²) in [7, 11) is 0. The summed E-state index contributed by atoms with van der Waals surface area (Å²) < 4.78 is 18.2. The van der Waals surface area contributed by atoms with Crippen molar-refractivity contribution in [3.05, 3.63) is 35.6 Å². The van der Waals surface area contributed by atoms with Crippen molar-refractivity contribution in [3.8, 4) is 0 Å². The molecule has 1 aromatic rings. The highest BCUT2D eigenvalue weighted by Crippen LogP contribution is 2.28. The Labute approximate surface area is 129 Å². The van der Waals surface area contributed by atoms with Gasteiger partial charge in [-0.1, -0.05) is 0 Å². The van der Waals surface area contributed by atoms with Crippen LogP contribution in [0.4, 0.5) is 4.39 Å². The third-order valence-electron chi connectivity index (χ3n) is 3.35. The zero-order valence-electron chi connectivity index (χ0n) is 12.4. The summed E-state index contributed by atoms with van der Waals surface area (Å²) in [6.45, 7) is 1.88. The Balaban J connectivity index is 1.52. The van der Waals surface area contributed by atoms with E-state index < -0.39 is 11.7 Å². The van der Waals surface area contributed by atoms with Crippen LogP contribution in [0.25, 0.3) is 0 Å². The minimum absolute atomic E-state index is 0.0981. The van der Waals surface area contributed by atoms with Gasteiger partial charge in [-0.15, -0.1) is 0 Å². The number of amides is 2. The number of ether oxygens (including phenoxy) is 1. The van der Waals surface area contributed by atoms with Gasteiger partial charge in [0.15, 0.2) is 0 Å². The second-order valence-electron chi connectivity index (χ2n) is 5.41. The standard InChI is InChI=1S/C16H21FN2O3/c17-14-6-4-13(5-7-14)16(21)19-10-15(20)18-8-1-9-22-11-12-2-3-12/h4-7,12H,1-3,8-11H2,(H,18,20)(H,19,21). The van der Waals surface area contributed by atoms with Crippen LogP contribution in [0.15, 0.2) is 24.3 Å². The quantitative estimate of drug-likeness (QED) is 0.679. The highest BCUT2D eigenvalue weighted by molar-refractivity contribution is 5.96. The van der Waals surface area contributed by atoms with Crippen molar-refractivity contribution in [2.24, 2.45) is 5.92 Å². The lowest BCUT2D eigenvalue weighted by atomic mass is 10.2. The predicted molar refractivity (Wildman–Crippen MR) is 79.9 cm³/mol. The second kappa shape index (κ2) is 8.48. The van der Waals surface area contributed by atoms with E-state index in [1.807, 2.05) is 0 Å². The van der Waals surface area contributed by atoms with Crippen LogP contribution in [-0.4, -0.2) is 38.1 Å². The van der Waals surface area contributed by atoms with Gasteiger partial charge in [-0.3, -0.25) is 9.59 Å². The van der Waals surface area contributed by atoms with E-state index in [1.54, 1.807) is 0 Å². The molecule has 0 unspecified atom stereocenters. The van der Waals surface area contributed by atoms with Crippen LogP contribution in [0.2, 0.25) is 0 Å². The van der Waals surface area contributed by atoms with Crippen LogP contribution in [0.3, 0.4) is 0 Å². The molecule has 1 aliphatic rings. The molecule has 0 aliphatic heterocycles. The Morgan fingerprint density at radius 3 is 2.59 bits per heavy atom. The first-order valence-corrected chi connectivity index (χ1v) is 7.53. The maximum atomic E-state index is 12.7. The average molecular weight is 308 g/mol. The number of carbonyl (C=O) groups is 2. The minimum Gasteiger partial charge on any atom is -0.381 e. The number of benzene rings is 1. The van der Waals surface area contributed by atoms with Crippen molar-refractivity contribution in [2.45, 2.75) is 19.3 Å². The summed E-state index contributed by atoms with van der Waals surface area (Å²) in [5.74, 6) is -0.310. The van der Waals surface area contributed by atoms with Crippen molar-refractivity contribution >= 4 is 11.8 Å². The second-order valence-corrected chi connectivity index (χ2v) is 5.41. The van der Waals surface area contributed by atoms with Gasteiger partial charge in [0, 0.05) is 25.3 Å². The van der Waals surface area contributed by atoms with E-state index in [4.69, 9.17) is 4.74 Å². The largest absolute Gasteiger partial charge is 0.381 e. The Morgan fingerprint density at radius 1 is 1.18 bits per heavy atom. The Morgan fingerprint density at radius 2 is 1.91 bits per heavy atom. The first-order chi connectivity index (χ1) is 10.6. The smallest absolute Gasteiger partial charge is 0.251 e. The van der Waals surface area contributed by atoms with E-state index >= 15 is 0 Å². The molecule has 1 saturated carbocycles. The number of hydrogen-bond donors (Lipinski definition) is 2. The van der Waals surface area contributed by atoms with E-state index in [-0.39, 0.29) is 12.5 Å². The zero-order valence-corrected chi connectivity index (χ0v) is 12.4. The summed E-state index contributed by atoms with van der Waals surface area (Å²) in [5, 5.41) is 5.20. The molecule has 6 heteroatoms.